The second kappa shape index (κ2) is 7.01. The third-order valence-corrected chi connectivity index (χ3v) is 3.99. The fourth-order valence-corrected chi connectivity index (χ4v) is 2.66. The first-order chi connectivity index (χ1) is 10.5. The Morgan fingerprint density at radius 2 is 1.95 bits per heavy atom. The van der Waals surface area contributed by atoms with Crippen LogP contribution in [0.3, 0.4) is 0 Å². The molecule has 1 aliphatic rings. The van der Waals surface area contributed by atoms with Crippen LogP contribution in [0.4, 0.5) is 10.5 Å². The number of thioether (sulfide) groups is 1. The van der Waals surface area contributed by atoms with Crippen molar-refractivity contribution in [2.45, 2.75) is 0 Å². The molecule has 1 aromatic rings. The van der Waals surface area contributed by atoms with Gasteiger partial charge < -0.3 is 4.90 Å². The summed E-state index contributed by atoms with van der Waals surface area (Å²) in [5.41, 5.74) is 2.14. The van der Waals surface area contributed by atoms with Gasteiger partial charge in [0.1, 0.15) is 0 Å². The Balaban J connectivity index is 2.07. The molecule has 0 aromatic heterocycles. The Morgan fingerprint density at radius 3 is 2.55 bits per heavy atom. The Morgan fingerprint density at radius 1 is 1.27 bits per heavy atom. The first-order valence-corrected chi connectivity index (χ1v) is 7.47. The molecular weight excluding hydrogens is 296 g/mol. The van der Waals surface area contributed by atoms with E-state index in [0.29, 0.717) is 4.91 Å². The normalized spacial score (nSPS) is 16.6. The lowest BCUT2D eigenvalue weighted by Gasteiger charge is -2.11. The van der Waals surface area contributed by atoms with Crippen LogP contribution in [0.15, 0.2) is 41.3 Å². The number of imide groups is 1. The number of hydrogen-bond donors (Lipinski definition) is 0. The largest absolute Gasteiger partial charge is 0.378 e. The standard InChI is InChI=1S/C17H16N2O2S/c1-4-12-19-16(20)15(22-17(19)21)7-5-6-13-8-10-14(11-9-13)18(2)3/h1,5-11H,12H2,2-3H3/b6-5+,15-7+. The van der Waals surface area contributed by atoms with Crippen LogP contribution >= 0.6 is 11.8 Å². The van der Waals surface area contributed by atoms with Crippen molar-refractivity contribution in [3.63, 3.8) is 0 Å². The number of anilines is 1. The van der Waals surface area contributed by atoms with E-state index in [1.54, 1.807) is 12.2 Å². The molecule has 0 atom stereocenters. The molecule has 1 heterocycles. The molecule has 4 nitrogen and oxygen atoms in total. The van der Waals surface area contributed by atoms with Gasteiger partial charge in [-0.2, -0.15) is 0 Å². The highest BCUT2D eigenvalue weighted by Crippen LogP contribution is 2.30. The van der Waals surface area contributed by atoms with Crippen LogP contribution in [0, 0.1) is 12.3 Å². The average Bonchev–Trinajstić information content (AvgIpc) is 2.76. The average molecular weight is 312 g/mol. The highest BCUT2D eigenvalue weighted by atomic mass is 32.2. The number of allylic oxidation sites excluding steroid dienone is 2. The Bertz CT molecular complexity index is 682. The number of carbonyl (C=O) groups is 2. The van der Waals surface area contributed by atoms with Crippen molar-refractivity contribution in [1.82, 2.24) is 4.90 Å². The second-order valence-electron chi connectivity index (χ2n) is 4.84. The lowest BCUT2D eigenvalue weighted by Crippen LogP contribution is -2.28. The Hall–Kier alpha value is -2.45. The highest BCUT2D eigenvalue weighted by Gasteiger charge is 2.33. The molecule has 0 aliphatic carbocycles. The summed E-state index contributed by atoms with van der Waals surface area (Å²) in [6.07, 6.45) is 10.4. The molecule has 112 valence electrons. The van der Waals surface area contributed by atoms with Gasteiger partial charge in [0.15, 0.2) is 0 Å². The van der Waals surface area contributed by atoms with Crippen LogP contribution in [0.5, 0.6) is 0 Å². The third-order valence-electron chi connectivity index (χ3n) is 3.07. The molecule has 0 N–H and O–H groups in total. The molecule has 2 rings (SSSR count). The van der Waals surface area contributed by atoms with E-state index in [-0.39, 0.29) is 17.7 Å². The number of benzene rings is 1. The molecule has 1 aromatic carbocycles. The van der Waals surface area contributed by atoms with Crippen molar-refractivity contribution in [1.29, 1.82) is 0 Å². The molecule has 2 amide bonds. The topological polar surface area (TPSA) is 40.6 Å². The number of rotatable bonds is 4. The molecule has 0 unspecified atom stereocenters. The molecule has 0 radical (unpaired) electrons. The molecule has 5 heteroatoms. The van der Waals surface area contributed by atoms with Crippen molar-refractivity contribution in [2.24, 2.45) is 0 Å². The molecule has 0 spiro atoms. The summed E-state index contributed by atoms with van der Waals surface area (Å²) in [5, 5.41) is -0.321. The van der Waals surface area contributed by atoms with E-state index in [4.69, 9.17) is 6.42 Å². The maximum Gasteiger partial charge on any atom is 0.294 e. The van der Waals surface area contributed by atoms with Crippen LogP contribution in [0.25, 0.3) is 6.08 Å². The summed E-state index contributed by atoms with van der Waals surface area (Å²) < 4.78 is 0. The molecular formula is C17H16N2O2S. The summed E-state index contributed by atoms with van der Waals surface area (Å²) in [4.78, 5) is 27.0. The molecule has 0 saturated carbocycles. The molecule has 1 fully saturated rings. The van der Waals surface area contributed by atoms with Gasteiger partial charge in [-0.05, 0) is 35.5 Å². The van der Waals surface area contributed by atoms with Crippen LogP contribution < -0.4 is 4.90 Å². The number of amides is 2. The zero-order valence-corrected chi connectivity index (χ0v) is 13.3. The second-order valence-corrected chi connectivity index (χ2v) is 5.83. The van der Waals surface area contributed by atoms with Crippen molar-refractivity contribution in [3.05, 3.63) is 46.9 Å². The first kappa shape index (κ1) is 15.9. The van der Waals surface area contributed by atoms with Crippen molar-refractivity contribution >= 4 is 34.7 Å². The minimum Gasteiger partial charge on any atom is -0.378 e. The van der Waals surface area contributed by atoms with E-state index < -0.39 is 0 Å². The van der Waals surface area contributed by atoms with E-state index in [2.05, 4.69) is 5.92 Å². The third kappa shape index (κ3) is 3.60. The number of carbonyl (C=O) groups excluding carboxylic acids is 2. The number of terminal acetylenes is 1. The van der Waals surface area contributed by atoms with Crippen molar-refractivity contribution in [2.75, 3.05) is 25.5 Å². The van der Waals surface area contributed by atoms with E-state index in [0.717, 1.165) is 27.9 Å². The lowest BCUT2D eigenvalue weighted by molar-refractivity contribution is -0.122. The van der Waals surface area contributed by atoms with Gasteiger partial charge in [-0.1, -0.05) is 30.2 Å². The maximum absolute atomic E-state index is 11.9. The monoisotopic (exact) mass is 312 g/mol. The lowest BCUT2D eigenvalue weighted by atomic mass is 10.2. The smallest absolute Gasteiger partial charge is 0.294 e. The quantitative estimate of drug-likeness (QED) is 0.633. The van der Waals surface area contributed by atoms with Gasteiger partial charge in [0.25, 0.3) is 11.1 Å². The summed E-state index contributed by atoms with van der Waals surface area (Å²) in [7, 11) is 3.97. The Kier molecular flexibility index (Phi) is 5.08. The van der Waals surface area contributed by atoms with Gasteiger partial charge in [-0.25, -0.2) is 0 Å². The van der Waals surface area contributed by atoms with Crippen LogP contribution in [-0.4, -0.2) is 36.7 Å². The van der Waals surface area contributed by atoms with Gasteiger partial charge in [-0.3, -0.25) is 14.5 Å². The summed E-state index contributed by atoms with van der Waals surface area (Å²) in [5.74, 6) is 1.98. The predicted octanol–water partition coefficient (Wildman–Crippen LogP) is 2.98. The number of hydrogen-bond acceptors (Lipinski definition) is 4. The minimum absolute atomic E-state index is 0.0116. The Labute approximate surface area is 134 Å². The summed E-state index contributed by atoms with van der Waals surface area (Å²) >= 11 is 0.908. The molecule has 22 heavy (non-hydrogen) atoms. The fraction of sp³-hybridized carbons (Fsp3) is 0.176. The zero-order chi connectivity index (χ0) is 16.1. The fourth-order valence-electron chi connectivity index (χ4n) is 1.87. The predicted molar refractivity (Wildman–Crippen MR) is 91.4 cm³/mol. The van der Waals surface area contributed by atoms with Crippen molar-refractivity contribution in [3.8, 4) is 12.3 Å². The maximum atomic E-state index is 11.9. The van der Waals surface area contributed by atoms with Crippen LogP contribution in [0.1, 0.15) is 5.56 Å². The van der Waals surface area contributed by atoms with Gasteiger partial charge in [-0.15, -0.1) is 6.42 Å². The van der Waals surface area contributed by atoms with E-state index in [1.807, 2.05) is 49.3 Å². The molecule has 0 bridgehead atoms. The van der Waals surface area contributed by atoms with Crippen LogP contribution in [-0.2, 0) is 4.79 Å². The van der Waals surface area contributed by atoms with E-state index in [1.165, 1.54) is 0 Å². The van der Waals surface area contributed by atoms with Crippen molar-refractivity contribution < 1.29 is 9.59 Å². The molecule has 1 saturated heterocycles. The van der Waals surface area contributed by atoms with Gasteiger partial charge in [0.05, 0.1) is 11.4 Å². The van der Waals surface area contributed by atoms with E-state index in [9.17, 15) is 9.59 Å². The minimum atomic E-state index is -0.333. The first-order valence-electron chi connectivity index (χ1n) is 6.66. The molecule has 1 aliphatic heterocycles. The highest BCUT2D eigenvalue weighted by molar-refractivity contribution is 8.18. The summed E-state index contributed by atoms with van der Waals surface area (Å²) in [6, 6.07) is 8.01. The SMILES string of the molecule is C#CCN1C(=O)S/C(=C/C=C/c2ccc(N(C)C)cc2)C1=O. The van der Waals surface area contributed by atoms with Gasteiger partial charge >= 0.3 is 0 Å². The zero-order valence-electron chi connectivity index (χ0n) is 12.4. The van der Waals surface area contributed by atoms with Gasteiger partial charge in [0, 0.05) is 19.8 Å². The van der Waals surface area contributed by atoms with Crippen LogP contribution in [0.2, 0.25) is 0 Å². The van der Waals surface area contributed by atoms with Gasteiger partial charge in [0.2, 0.25) is 0 Å². The van der Waals surface area contributed by atoms with E-state index >= 15 is 0 Å². The number of nitrogens with zero attached hydrogens (tertiary/aromatic N) is 2. The summed E-state index contributed by atoms with van der Waals surface area (Å²) in [6.45, 7) is 0.0116.